The third kappa shape index (κ3) is 3.44. The van der Waals surface area contributed by atoms with Crippen LogP contribution in [-0.2, 0) is 29.0 Å². The molecule has 2 aromatic rings. The van der Waals surface area contributed by atoms with E-state index in [4.69, 9.17) is 4.74 Å². The van der Waals surface area contributed by atoms with Crippen LogP contribution in [-0.4, -0.2) is 57.4 Å². The third-order valence-electron chi connectivity index (χ3n) is 4.26. The number of carbonyl (C=O) groups excluding carboxylic acids is 1. The molecule has 2 aromatic heterocycles. The topological polar surface area (TPSA) is 85.2 Å². The second kappa shape index (κ2) is 7.06. The number of anilines is 1. The molecule has 1 atom stereocenters. The van der Waals surface area contributed by atoms with E-state index in [2.05, 4.69) is 20.5 Å². The summed E-state index contributed by atoms with van der Waals surface area (Å²) in [7, 11) is 3.59. The van der Waals surface area contributed by atoms with Gasteiger partial charge in [0.15, 0.2) is 0 Å². The van der Waals surface area contributed by atoms with E-state index in [1.54, 1.807) is 13.3 Å². The number of hydrogen-bond donors (Lipinski definition) is 1. The summed E-state index contributed by atoms with van der Waals surface area (Å²) in [6.45, 7) is 3.68. The van der Waals surface area contributed by atoms with E-state index < -0.39 is 0 Å². The maximum absolute atomic E-state index is 12.7. The van der Waals surface area contributed by atoms with Crippen LogP contribution in [0, 0.1) is 6.92 Å². The van der Waals surface area contributed by atoms with Crippen LogP contribution in [0.25, 0.3) is 0 Å². The van der Waals surface area contributed by atoms with Crippen LogP contribution in [0.2, 0.25) is 0 Å². The molecule has 0 saturated heterocycles. The molecule has 128 valence electrons. The quantitative estimate of drug-likeness (QED) is 0.865. The van der Waals surface area contributed by atoms with Crippen LogP contribution in [0.4, 0.5) is 5.82 Å². The molecule has 1 aliphatic heterocycles. The standard InChI is InChI=1S/C16H22N6O2/c1-11-19-20-15-10-21(2)13(9-22(11)15)16(23)18-14-8-12(4-6-17-14)5-7-24-3/h4,6,8,13H,5,7,9-10H2,1-3H3,(H,17,18,23). The number of aryl methyl sites for hydroxylation is 1. The molecule has 0 saturated carbocycles. The Morgan fingerprint density at radius 3 is 3.08 bits per heavy atom. The lowest BCUT2D eigenvalue weighted by molar-refractivity contribution is -0.122. The predicted octanol–water partition coefficient (Wildman–Crippen LogP) is 0.623. The van der Waals surface area contributed by atoms with Crippen molar-refractivity contribution in [1.29, 1.82) is 0 Å². The number of amides is 1. The first kappa shape index (κ1) is 16.5. The Balaban J connectivity index is 1.70. The van der Waals surface area contributed by atoms with E-state index in [1.807, 2.05) is 35.6 Å². The summed E-state index contributed by atoms with van der Waals surface area (Å²) in [5.74, 6) is 2.20. The smallest absolute Gasteiger partial charge is 0.244 e. The number of aromatic nitrogens is 4. The Hall–Kier alpha value is -2.32. The first-order chi connectivity index (χ1) is 11.6. The highest BCUT2D eigenvalue weighted by Crippen LogP contribution is 2.17. The van der Waals surface area contributed by atoms with Gasteiger partial charge in [0.25, 0.3) is 0 Å². The van der Waals surface area contributed by atoms with Crippen molar-refractivity contribution >= 4 is 11.7 Å². The number of ether oxygens (including phenoxy) is 1. The molecular formula is C16H22N6O2. The summed E-state index contributed by atoms with van der Waals surface area (Å²) in [6.07, 6.45) is 2.49. The molecule has 24 heavy (non-hydrogen) atoms. The maximum atomic E-state index is 12.7. The molecule has 0 fully saturated rings. The Morgan fingerprint density at radius 1 is 1.46 bits per heavy atom. The van der Waals surface area contributed by atoms with Crippen molar-refractivity contribution in [3.05, 3.63) is 35.5 Å². The van der Waals surface area contributed by atoms with Gasteiger partial charge >= 0.3 is 0 Å². The summed E-state index contributed by atoms with van der Waals surface area (Å²) in [6, 6.07) is 3.53. The zero-order valence-corrected chi connectivity index (χ0v) is 14.2. The van der Waals surface area contributed by atoms with Gasteiger partial charge in [-0.3, -0.25) is 9.69 Å². The van der Waals surface area contributed by atoms with Crippen LogP contribution in [0.5, 0.6) is 0 Å². The highest BCUT2D eigenvalue weighted by atomic mass is 16.5. The van der Waals surface area contributed by atoms with Gasteiger partial charge in [0.1, 0.15) is 23.5 Å². The normalized spacial score (nSPS) is 17.5. The molecule has 8 nitrogen and oxygen atoms in total. The first-order valence-corrected chi connectivity index (χ1v) is 7.92. The lowest BCUT2D eigenvalue weighted by Gasteiger charge is -2.31. The number of pyridine rings is 1. The Bertz CT molecular complexity index is 729. The molecule has 0 aliphatic carbocycles. The Morgan fingerprint density at radius 2 is 2.29 bits per heavy atom. The molecule has 0 bridgehead atoms. The van der Waals surface area contributed by atoms with Gasteiger partial charge in [-0.15, -0.1) is 10.2 Å². The minimum Gasteiger partial charge on any atom is -0.384 e. The molecule has 0 spiro atoms. The monoisotopic (exact) mass is 330 g/mol. The zero-order chi connectivity index (χ0) is 17.1. The van der Waals surface area contributed by atoms with Crippen molar-refractivity contribution in [2.75, 3.05) is 26.1 Å². The number of nitrogens with one attached hydrogen (secondary N) is 1. The van der Waals surface area contributed by atoms with Gasteiger partial charge in [0, 0.05) is 13.3 Å². The molecule has 3 heterocycles. The number of hydrogen-bond acceptors (Lipinski definition) is 6. The molecule has 8 heteroatoms. The zero-order valence-electron chi connectivity index (χ0n) is 14.2. The Kier molecular flexibility index (Phi) is 4.86. The lowest BCUT2D eigenvalue weighted by Crippen LogP contribution is -2.48. The van der Waals surface area contributed by atoms with E-state index >= 15 is 0 Å². The Labute approximate surface area is 140 Å². The van der Waals surface area contributed by atoms with Crippen LogP contribution in [0.15, 0.2) is 18.3 Å². The number of fused-ring (bicyclic) bond motifs is 1. The third-order valence-corrected chi connectivity index (χ3v) is 4.26. The summed E-state index contributed by atoms with van der Waals surface area (Å²) in [5.41, 5.74) is 1.08. The van der Waals surface area contributed by atoms with E-state index in [1.165, 1.54) is 0 Å². The van der Waals surface area contributed by atoms with Gasteiger partial charge in [0.2, 0.25) is 5.91 Å². The molecule has 0 aromatic carbocycles. The van der Waals surface area contributed by atoms with Crippen LogP contribution in [0.1, 0.15) is 17.2 Å². The average Bonchev–Trinajstić information content (AvgIpc) is 2.92. The van der Waals surface area contributed by atoms with Gasteiger partial charge in [0.05, 0.1) is 19.7 Å². The van der Waals surface area contributed by atoms with Gasteiger partial charge in [-0.05, 0) is 38.1 Å². The fraction of sp³-hybridized carbons (Fsp3) is 0.500. The van der Waals surface area contributed by atoms with Crippen molar-refractivity contribution in [2.24, 2.45) is 0 Å². The van der Waals surface area contributed by atoms with Gasteiger partial charge < -0.3 is 14.6 Å². The summed E-state index contributed by atoms with van der Waals surface area (Å²) >= 11 is 0. The van der Waals surface area contributed by atoms with E-state index in [0.29, 0.717) is 25.5 Å². The van der Waals surface area contributed by atoms with E-state index in [-0.39, 0.29) is 11.9 Å². The van der Waals surface area contributed by atoms with Crippen molar-refractivity contribution in [1.82, 2.24) is 24.6 Å². The van der Waals surface area contributed by atoms with Crippen LogP contribution >= 0.6 is 0 Å². The molecule has 1 N–H and O–H groups in total. The van der Waals surface area contributed by atoms with Crippen LogP contribution in [0.3, 0.4) is 0 Å². The fourth-order valence-electron chi connectivity index (χ4n) is 2.84. The maximum Gasteiger partial charge on any atom is 0.244 e. The fourth-order valence-corrected chi connectivity index (χ4v) is 2.84. The largest absolute Gasteiger partial charge is 0.384 e. The number of rotatable bonds is 5. The lowest BCUT2D eigenvalue weighted by atomic mass is 10.1. The van der Waals surface area contributed by atoms with Crippen molar-refractivity contribution < 1.29 is 9.53 Å². The molecule has 1 amide bonds. The van der Waals surface area contributed by atoms with Crippen LogP contribution < -0.4 is 5.32 Å². The second-order valence-corrected chi connectivity index (χ2v) is 5.99. The van der Waals surface area contributed by atoms with E-state index in [9.17, 15) is 4.79 Å². The van der Waals surface area contributed by atoms with Gasteiger partial charge in [-0.2, -0.15) is 0 Å². The number of nitrogens with zero attached hydrogens (tertiary/aromatic N) is 5. The first-order valence-electron chi connectivity index (χ1n) is 7.92. The molecule has 0 radical (unpaired) electrons. The summed E-state index contributed by atoms with van der Waals surface area (Å²) < 4.78 is 7.08. The highest BCUT2D eigenvalue weighted by molar-refractivity contribution is 5.94. The summed E-state index contributed by atoms with van der Waals surface area (Å²) in [4.78, 5) is 18.9. The van der Waals surface area contributed by atoms with Crippen molar-refractivity contribution in [3.8, 4) is 0 Å². The van der Waals surface area contributed by atoms with Gasteiger partial charge in [-0.25, -0.2) is 4.98 Å². The molecule has 1 unspecified atom stereocenters. The number of methoxy groups -OCH3 is 1. The predicted molar refractivity (Wildman–Crippen MR) is 88.5 cm³/mol. The number of carbonyl (C=O) groups is 1. The van der Waals surface area contributed by atoms with E-state index in [0.717, 1.165) is 23.6 Å². The molecular weight excluding hydrogens is 308 g/mol. The highest BCUT2D eigenvalue weighted by Gasteiger charge is 2.31. The molecule has 1 aliphatic rings. The minimum atomic E-state index is -0.281. The molecule has 3 rings (SSSR count). The SMILES string of the molecule is COCCc1ccnc(NC(=O)C2Cn3c(C)nnc3CN2C)c1. The number of likely N-dealkylation sites (N-methyl/N-ethyl adjacent to an activating group) is 1. The van der Waals surface area contributed by atoms with Gasteiger partial charge in [-0.1, -0.05) is 0 Å². The van der Waals surface area contributed by atoms with Crippen molar-refractivity contribution in [3.63, 3.8) is 0 Å². The minimum absolute atomic E-state index is 0.0763. The second-order valence-electron chi connectivity index (χ2n) is 5.99. The summed E-state index contributed by atoms with van der Waals surface area (Å²) in [5, 5.41) is 11.1. The van der Waals surface area contributed by atoms with Crippen molar-refractivity contribution in [2.45, 2.75) is 32.5 Å². The average molecular weight is 330 g/mol.